The van der Waals surface area contributed by atoms with Crippen molar-refractivity contribution in [3.63, 3.8) is 0 Å². The van der Waals surface area contributed by atoms with Crippen molar-refractivity contribution >= 4 is 38.8 Å². The fourth-order valence-electron chi connectivity index (χ4n) is 2.82. The fourth-order valence-corrected chi connectivity index (χ4v) is 4.39. The van der Waals surface area contributed by atoms with Gasteiger partial charge in [0.1, 0.15) is 6.61 Å². The third-order valence-corrected chi connectivity index (χ3v) is 6.64. The van der Waals surface area contributed by atoms with Gasteiger partial charge in [0.25, 0.3) is 10.0 Å². The normalized spacial score (nSPS) is 11.5. The smallest absolute Gasteiger partial charge is 0.276 e. The Morgan fingerprint density at radius 1 is 1.06 bits per heavy atom. The molecule has 0 aliphatic carbocycles. The minimum atomic E-state index is -3.73. The van der Waals surface area contributed by atoms with Crippen molar-refractivity contribution in [2.24, 2.45) is 5.10 Å². The molecule has 8 heteroatoms. The van der Waals surface area contributed by atoms with Crippen LogP contribution in [0.1, 0.15) is 22.3 Å². The third kappa shape index (κ3) is 5.98. The van der Waals surface area contributed by atoms with E-state index in [9.17, 15) is 8.42 Å². The number of aryl methyl sites for hydroxylation is 2. The van der Waals surface area contributed by atoms with Crippen LogP contribution in [0.5, 0.6) is 11.5 Å². The van der Waals surface area contributed by atoms with E-state index in [1.807, 2.05) is 44.2 Å². The van der Waals surface area contributed by atoms with E-state index in [1.54, 1.807) is 37.4 Å². The second-order valence-electron chi connectivity index (χ2n) is 6.92. The Morgan fingerprint density at radius 3 is 2.45 bits per heavy atom. The molecule has 0 saturated carbocycles. The van der Waals surface area contributed by atoms with Gasteiger partial charge < -0.3 is 9.47 Å². The molecule has 0 saturated heterocycles. The highest BCUT2D eigenvalue weighted by atomic mass is 127. The number of hydrogen-bond acceptors (Lipinski definition) is 5. The highest BCUT2D eigenvalue weighted by Crippen LogP contribution is 2.34. The maximum Gasteiger partial charge on any atom is 0.276 e. The first kappa shape index (κ1) is 23.1. The molecule has 3 rings (SSSR count). The van der Waals surface area contributed by atoms with Crippen LogP contribution in [0.3, 0.4) is 0 Å². The van der Waals surface area contributed by atoms with Gasteiger partial charge in [-0.15, -0.1) is 0 Å². The summed E-state index contributed by atoms with van der Waals surface area (Å²) in [6.45, 7) is 4.35. The first-order valence-electron chi connectivity index (χ1n) is 9.46. The summed E-state index contributed by atoms with van der Waals surface area (Å²) in [4.78, 5) is 2.39. The van der Waals surface area contributed by atoms with Gasteiger partial charge in [0.15, 0.2) is 11.5 Å². The van der Waals surface area contributed by atoms with Crippen molar-refractivity contribution in [1.29, 1.82) is 0 Å². The predicted molar refractivity (Wildman–Crippen MR) is 130 cm³/mol. The number of halogens is 1. The van der Waals surface area contributed by atoms with Crippen molar-refractivity contribution in [1.82, 2.24) is 4.83 Å². The molecule has 0 aliphatic rings. The molecule has 0 atom stereocenters. The van der Waals surface area contributed by atoms with Crippen LogP contribution in [0.15, 0.2) is 70.7 Å². The molecular formula is C23H23IN2O4S. The lowest BCUT2D eigenvalue weighted by molar-refractivity contribution is 0.281. The topological polar surface area (TPSA) is 77.0 Å². The highest BCUT2D eigenvalue weighted by Gasteiger charge is 2.14. The predicted octanol–water partition coefficient (Wildman–Crippen LogP) is 4.81. The molecule has 1 N–H and O–H groups in total. The standard InChI is InChI=1S/C23H23IN2O4S/c1-16-8-10-20(11-9-16)31(27,28)26-25-14-18-12-21(24)23(22(13-18)29-3)30-15-19-7-5-4-6-17(19)2/h4-14,26H,15H2,1-3H3/b25-14-. The Bertz CT molecular complexity index is 1190. The molecule has 31 heavy (non-hydrogen) atoms. The summed E-state index contributed by atoms with van der Waals surface area (Å²) < 4.78 is 37.0. The minimum Gasteiger partial charge on any atom is -0.493 e. The Morgan fingerprint density at radius 2 is 1.77 bits per heavy atom. The van der Waals surface area contributed by atoms with Crippen LogP contribution in [0, 0.1) is 17.4 Å². The van der Waals surface area contributed by atoms with Gasteiger partial charge >= 0.3 is 0 Å². The number of methoxy groups -OCH3 is 1. The quantitative estimate of drug-likeness (QED) is 0.248. The van der Waals surface area contributed by atoms with Crippen LogP contribution in [-0.2, 0) is 16.6 Å². The monoisotopic (exact) mass is 550 g/mol. The molecule has 0 heterocycles. The number of nitrogens with zero attached hydrogens (tertiary/aromatic N) is 1. The van der Waals surface area contributed by atoms with E-state index >= 15 is 0 Å². The van der Waals surface area contributed by atoms with Gasteiger partial charge in [-0.25, -0.2) is 4.83 Å². The third-order valence-electron chi connectivity index (χ3n) is 4.60. The highest BCUT2D eigenvalue weighted by molar-refractivity contribution is 14.1. The van der Waals surface area contributed by atoms with Gasteiger partial charge in [0, 0.05) is 0 Å². The van der Waals surface area contributed by atoms with Gasteiger partial charge in [-0.2, -0.15) is 13.5 Å². The number of sulfonamides is 1. The van der Waals surface area contributed by atoms with Crippen molar-refractivity contribution in [3.05, 3.63) is 86.5 Å². The maximum atomic E-state index is 12.4. The molecule has 0 fully saturated rings. The van der Waals surface area contributed by atoms with E-state index < -0.39 is 10.0 Å². The van der Waals surface area contributed by atoms with Gasteiger partial charge in [-0.1, -0.05) is 42.0 Å². The molecule has 6 nitrogen and oxygen atoms in total. The lowest BCUT2D eigenvalue weighted by Crippen LogP contribution is -2.18. The molecule has 0 aromatic heterocycles. The Balaban J connectivity index is 1.74. The van der Waals surface area contributed by atoms with Gasteiger partial charge in [-0.05, 0) is 77.4 Å². The Kier molecular flexibility index (Phi) is 7.55. The zero-order chi connectivity index (χ0) is 22.4. The Hall–Kier alpha value is -2.59. The van der Waals surface area contributed by atoms with Crippen LogP contribution >= 0.6 is 22.6 Å². The van der Waals surface area contributed by atoms with Crippen molar-refractivity contribution in [3.8, 4) is 11.5 Å². The van der Waals surface area contributed by atoms with E-state index in [0.717, 1.165) is 20.3 Å². The van der Waals surface area contributed by atoms with Gasteiger partial charge in [0.05, 0.1) is 21.8 Å². The SMILES string of the molecule is COc1cc(/C=N\NS(=O)(=O)c2ccc(C)cc2)cc(I)c1OCc1ccccc1C. The number of hydrogen-bond donors (Lipinski definition) is 1. The molecule has 3 aromatic carbocycles. The summed E-state index contributed by atoms with van der Waals surface area (Å²) in [6.07, 6.45) is 1.43. The van der Waals surface area contributed by atoms with Crippen LogP contribution in [0.2, 0.25) is 0 Å². The number of nitrogens with one attached hydrogen (secondary N) is 1. The summed E-state index contributed by atoms with van der Waals surface area (Å²) in [5, 5.41) is 3.90. The van der Waals surface area contributed by atoms with E-state index in [4.69, 9.17) is 9.47 Å². The fraction of sp³-hybridized carbons (Fsp3) is 0.174. The number of hydrazone groups is 1. The van der Waals surface area contributed by atoms with E-state index in [1.165, 1.54) is 6.21 Å². The first-order chi connectivity index (χ1) is 14.8. The van der Waals surface area contributed by atoms with Crippen molar-refractivity contribution < 1.29 is 17.9 Å². The summed E-state index contributed by atoms with van der Waals surface area (Å²) in [5.41, 5.74) is 3.91. The second kappa shape index (κ2) is 10.1. The summed E-state index contributed by atoms with van der Waals surface area (Å²) in [7, 11) is -2.17. The van der Waals surface area contributed by atoms with Crippen LogP contribution in [0.4, 0.5) is 0 Å². The lowest BCUT2D eigenvalue weighted by atomic mass is 10.1. The Labute approximate surface area is 196 Å². The zero-order valence-corrected chi connectivity index (χ0v) is 20.4. The maximum absolute atomic E-state index is 12.4. The van der Waals surface area contributed by atoms with E-state index in [0.29, 0.717) is 23.7 Å². The molecule has 0 bridgehead atoms. The summed E-state index contributed by atoms with van der Waals surface area (Å²) in [6, 6.07) is 18.2. The second-order valence-corrected chi connectivity index (χ2v) is 9.74. The molecule has 3 aromatic rings. The van der Waals surface area contributed by atoms with Crippen LogP contribution < -0.4 is 14.3 Å². The molecular weight excluding hydrogens is 527 g/mol. The lowest BCUT2D eigenvalue weighted by Gasteiger charge is -2.14. The summed E-state index contributed by atoms with van der Waals surface area (Å²) in [5.74, 6) is 1.17. The minimum absolute atomic E-state index is 0.155. The molecule has 0 amide bonds. The average molecular weight is 550 g/mol. The zero-order valence-electron chi connectivity index (χ0n) is 17.4. The molecule has 0 unspecified atom stereocenters. The summed E-state index contributed by atoms with van der Waals surface area (Å²) >= 11 is 2.16. The first-order valence-corrected chi connectivity index (χ1v) is 12.0. The molecule has 0 aliphatic heterocycles. The van der Waals surface area contributed by atoms with E-state index in [-0.39, 0.29) is 4.90 Å². The molecule has 0 spiro atoms. The van der Waals surface area contributed by atoms with Gasteiger partial charge in [0.2, 0.25) is 0 Å². The van der Waals surface area contributed by atoms with Crippen LogP contribution in [0.25, 0.3) is 0 Å². The average Bonchev–Trinajstić information content (AvgIpc) is 2.74. The van der Waals surface area contributed by atoms with Crippen LogP contribution in [-0.4, -0.2) is 21.7 Å². The molecule has 0 radical (unpaired) electrons. The number of ether oxygens (including phenoxy) is 2. The number of rotatable bonds is 8. The molecule has 162 valence electrons. The van der Waals surface area contributed by atoms with Crippen molar-refractivity contribution in [2.45, 2.75) is 25.3 Å². The van der Waals surface area contributed by atoms with E-state index in [2.05, 4.69) is 32.5 Å². The largest absolute Gasteiger partial charge is 0.493 e. The van der Waals surface area contributed by atoms with Crippen molar-refractivity contribution in [2.75, 3.05) is 7.11 Å². The number of benzene rings is 3. The van der Waals surface area contributed by atoms with Gasteiger partial charge in [-0.3, -0.25) is 0 Å².